The van der Waals surface area contributed by atoms with Crippen molar-refractivity contribution in [1.29, 1.82) is 0 Å². The lowest BCUT2D eigenvalue weighted by Crippen LogP contribution is -2.69. The van der Waals surface area contributed by atoms with E-state index in [4.69, 9.17) is 4.74 Å². The molecule has 28 heavy (non-hydrogen) atoms. The maximum absolute atomic E-state index is 13.9. The van der Waals surface area contributed by atoms with Crippen LogP contribution in [0.4, 0.5) is 18.0 Å². The van der Waals surface area contributed by atoms with Gasteiger partial charge in [-0.3, -0.25) is 19.8 Å². The molecule has 10 heteroatoms. The van der Waals surface area contributed by atoms with Crippen molar-refractivity contribution in [3.05, 3.63) is 29.8 Å². The first-order valence-corrected chi connectivity index (χ1v) is 8.88. The molecular formula is C18H20F3N3O4. The second-order valence-electron chi connectivity index (χ2n) is 6.83. The molecule has 0 aromatic heterocycles. The Morgan fingerprint density at radius 3 is 2.54 bits per heavy atom. The van der Waals surface area contributed by atoms with Crippen LogP contribution in [-0.2, 0) is 4.79 Å². The zero-order chi connectivity index (χ0) is 20.5. The number of carbonyl (C=O) groups excluding carboxylic acids is 3. The van der Waals surface area contributed by atoms with Gasteiger partial charge in [0.1, 0.15) is 5.75 Å². The molecule has 0 unspecified atom stereocenters. The van der Waals surface area contributed by atoms with Crippen LogP contribution in [-0.4, -0.2) is 47.7 Å². The van der Waals surface area contributed by atoms with Crippen LogP contribution in [0.1, 0.15) is 42.5 Å². The molecule has 3 rings (SSSR count). The molecule has 1 aromatic rings. The molecule has 1 heterocycles. The SMILES string of the molecule is COc1cccc(C(=O)N[C@@]2(C(F)(F)F)NC(=O)N(C3CCCCC3)C2=O)c1. The van der Waals surface area contributed by atoms with E-state index >= 15 is 0 Å². The molecular weight excluding hydrogens is 379 g/mol. The van der Waals surface area contributed by atoms with Crippen LogP contribution < -0.4 is 15.4 Å². The molecule has 1 saturated heterocycles. The molecule has 0 radical (unpaired) electrons. The molecule has 0 bridgehead atoms. The Balaban J connectivity index is 1.92. The third-order valence-electron chi connectivity index (χ3n) is 5.05. The van der Waals surface area contributed by atoms with Crippen LogP contribution in [0.25, 0.3) is 0 Å². The van der Waals surface area contributed by atoms with Crippen molar-refractivity contribution in [1.82, 2.24) is 15.5 Å². The first-order valence-electron chi connectivity index (χ1n) is 8.88. The van der Waals surface area contributed by atoms with E-state index < -0.39 is 35.7 Å². The molecule has 152 valence electrons. The Labute approximate surface area is 159 Å². The predicted octanol–water partition coefficient (Wildman–Crippen LogP) is 2.57. The molecule has 7 nitrogen and oxygen atoms in total. The summed E-state index contributed by atoms with van der Waals surface area (Å²) >= 11 is 0. The summed E-state index contributed by atoms with van der Waals surface area (Å²) in [5.41, 5.74) is -3.64. The molecule has 1 aromatic carbocycles. The summed E-state index contributed by atoms with van der Waals surface area (Å²) in [4.78, 5) is 38.1. The summed E-state index contributed by atoms with van der Waals surface area (Å²) in [5.74, 6) is -2.40. The van der Waals surface area contributed by atoms with Crippen LogP contribution in [0.15, 0.2) is 24.3 Å². The zero-order valence-electron chi connectivity index (χ0n) is 15.1. The summed E-state index contributed by atoms with van der Waals surface area (Å²) in [5, 5.41) is 3.39. The van der Waals surface area contributed by atoms with Gasteiger partial charge in [0.15, 0.2) is 0 Å². The Hall–Kier alpha value is -2.78. The lowest BCUT2D eigenvalue weighted by molar-refractivity contribution is -0.200. The highest BCUT2D eigenvalue weighted by molar-refractivity contribution is 6.10. The largest absolute Gasteiger partial charge is 0.497 e. The van der Waals surface area contributed by atoms with Gasteiger partial charge in [0.05, 0.1) is 7.11 Å². The molecule has 1 aliphatic heterocycles. The number of methoxy groups -OCH3 is 1. The number of amides is 4. The monoisotopic (exact) mass is 399 g/mol. The van der Waals surface area contributed by atoms with E-state index in [1.807, 2.05) is 0 Å². The van der Waals surface area contributed by atoms with E-state index in [1.165, 1.54) is 31.4 Å². The minimum absolute atomic E-state index is 0.138. The first kappa shape index (κ1) is 20.0. The first-order chi connectivity index (χ1) is 13.2. The number of urea groups is 1. The van der Waals surface area contributed by atoms with Gasteiger partial charge in [0, 0.05) is 11.6 Å². The van der Waals surface area contributed by atoms with Crippen molar-refractivity contribution in [2.45, 2.75) is 50.0 Å². The summed E-state index contributed by atoms with van der Waals surface area (Å²) in [6.07, 6.45) is -2.00. The van der Waals surface area contributed by atoms with Gasteiger partial charge in [-0.15, -0.1) is 0 Å². The van der Waals surface area contributed by atoms with Crippen LogP contribution in [0.3, 0.4) is 0 Å². The topological polar surface area (TPSA) is 87.7 Å². The summed E-state index contributed by atoms with van der Waals surface area (Å²) in [7, 11) is 1.34. The maximum atomic E-state index is 13.9. The fourth-order valence-electron chi connectivity index (χ4n) is 3.57. The third kappa shape index (κ3) is 3.38. The van der Waals surface area contributed by atoms with Crippen molar-refractivity contribution >= 4 is 17.8 Å². The number of imide groups is 1. The van der Waals surface area contributed by atoms with Crippen molar-refractivity contribution in [2.24, 2.45) is 0 Å². The summed E-state index contributed by atoms with van der Waals surface area (Å²) in [6, 6.07) is 3.70. The average Bonchev–Trinajstić information content (AvgIpc) is 2.93. The summed E-state index contributed by atoms with van der Waals surface area (Å²) < 4.78 is 46.7. The minimum atomic E-state index is -5.22. The van der Waals surface area contributed by atoms with E-state index in [0.717, 1.165) is 19.3 Å². The van der Waals surface area contributed by atoms with Crippen molar-refractivity contribution in [2.75, 3.05) is 7.11 Å². The highest BCUT2D eigenvalue weighted by Gasteiger charge is 2.69. The third-order valence-corrected chi connectivity index (χ3v) is 5.05. The zero-order valence-corrected chi connectivity index (χ0v) is 15.1. The lowest BCUT2D eigenvalue weighted by atomic mass is 9.94. The molecule has 2 fully saturated rings. The quantitative estimate of drug-likeness (QED) is 0.762. The van der Waals surface area contributed by atoms with Crippen LogP contribution in [0.5, 0.6) is 5.75 Å². The number of nitrogens with one attached hydrogen (secondary N) is 2. The lowest BCUT2D eigenvalue weighted by Gasteiger charge is -2.32. The van der Waals surface area contributed by atoms with Crippen molar-refractivity contribution < 1.29 is 32.3 Å². The Morgan fingerprint density at radius 2 is 1.93 bits per heavy atom. The highest BCUT2D eigenvalue weighted by Crippen LogP contribution is 2.37. The van der Waals surface area contributed by atoms with E-state index in [-0.39, 0.29) is 11.3 Å². The molecule has 0 spiro atoms. The second-order valence-corrected chi connectivity index (χ2v) is 6.83. The summed E-state index contributed by atoms with van der Waals surface area (Å²) in [6.45, 7) is 0. The molecule has 1 atom stereocenters. The van der Waals surface area contributed by atoms with E-state index in [0.29, 0.717) is 17.7 Å². The number of halogens is 3. The standard InChI is InChI=1S/C18H20F3N3O4/c1-28-13-9-5-6-11(10-13)14(25)22-17(18(19,20)21)15(26)24(16(27)23-17)12-7-3-2-4-8-12/h5-6,9-10,12H,2-4,7-8H2,1H3,(H,22,25)(H,23,27)/t17-/m1/s1. The number of nitrogens with zero attached hydrogens (tertiary/aromatic N) is 1. The van der Waals surface area contributed by atoms with Gasteiger partial charge in [-0.2, -0.15) is 13.2 Å². The number of ether oxygens (including phenoxy) is 1. The van der Waals surface area contributed by atoms with Gasteiger partial charge >= 0.3 is 12.2 Å². The van der Waals surface area contributed by atoms with Crippen molar-refractivity contribution in [3.8, 4) is 5.75 Å². The smallest absolute Gasteiger partial charge is 0.440 e. The molecule has 4 amide bonds. The van der Waals surface area contributed by atoms with Crippen LogP contribution in [0, 0.1) is 0 Å². The molecule has 1 saturated carbocycles. The normalized spacial score (nSPS) is 23.5. The maximum Gasteiger partial charge on any atom is 0.440 e. The number of rotatable bonds is 4. The molecule has 2 aliphatic rings. The fraction of sp³-hybridized carbons (Fsp3) is 0.500. The Morgan fingerprint density at radius 1 is 1.25 bits per heavy atom. The Bertz CT molecular complexity index is 793. The van der Waals surface area contributed by atoms with Gasteiger partial charge in [0.2, 0.25) is 0 Å². The average molecular weight is 399 g/mol. The van der Waals surface area contributed by atoms with E-state index in [9.17, 15) is 27.6 Å². The van der Waals surface area contributed by atoms with Crippen LogP contribution in [0.2, 0.25) is 0 Å². The van der Waals surface area contributed by atoms with E-state index in [2.05, 4.69) is 0 Å². The van der Waals surface area contributed by atoms with Gasteiger partial charge in [-0.25, -0.2) is 4.79 Å². The van der Waals surface area contributed by atoms with Crippen molar-refractivity contribution in [3.63, 3.8) is 0 Å². The number of hydrogen-bond acceptors (Lipinski definition) is 4. The predicted molar refractivity (Wildman–Crippen MR) is 91.5 cm³/mol. The minimum Gasteiger partial charge on any atom is -0.497 e. The van der Waals surface area contributed by atoms with Gasteiger partial charge in [0.25, 0.3) is 17.5 Å². The molecule has 1 aliphatic carbocycles. The fourth-order valence-corrected chi connectivity index (χ4v) is 3.57. The second kappa shape index (κ2) is 7.33. The number of hydrogen-bond donors (Lipinski definition) is 2. The van der Waals surface area contributed by atoms with Gasteiger partial charge in [-0.1, -0.05) is 25.3 Å². The van der Waals surface area contributed by atoms with Gasteiger partial charge < -0.3 is 10.1 Å². The number of alkyl halides is 3. The van der Waals surface area contributed by atoms with E-state index in [1.54, 1.807) is 10.6 Å². The number of benzene rings is 1. The van der Waals surface area contributed by atoms with Gasteiger partial charge in [-0.05, 0) is 31.0 Å². The highest BCUT2D eigenvalue weighted by atomic mass is 19.4. The number of carbonyl (C=O) groups is 3. The van der Waals surface area contributed by atoms with Crippen LogP contribution >= 0.6 is 0 Å². The molecule has 2 N–H and O–H groups in total. The Kier molecular flexibility index (Phi) is 5.22.